The van der Waals surface area contributed by atoms with Gasteiger partial charge in [-0.3, -0.25) is 9.89 Å². The molecule has 0 saturated carbocycles. The lowest BCUT2D eigenvalue weighted by Gasteiger charge is -2.37. The number of rotatable bonds is 6. The summed E-state index contributed by atoms with van der Waals surface area (Å²) >= 11 is 1.81. The number of nitrogens with zero attached hydrogens (tertiary/aromatic N) is 4. The molecule has 2 N–H and O–H groups in total. The first-order valence-electron chi connectivity index (χ1n) is 8.39. The third-order valence-corrected chi connectivity index (χ3v) is 5.49. The average Bonchev–Trinajstić information content (AvgIpc) is 3.01. The maximum absolute atomic E-state index is 4.45. The Hall–Kier alpha value is -1.18. The van der Waals surface area contributed by atoms with Crippen molar-refractivity contribution in [1.82, 2.24) is 25.4 Å². The topological polar surface area (TPSA) is 55.8 Å². The summed E-state index contributed by atoms with van der Waals surface area (Å²) in [5.74, 6) is 0.874. The highest BCUT2D eigenvalue weighted by Crippen LogP contribution is 2.13. The fourth-order valence-electron chi connectivity index (χ4n) is 2.67. The Morgan fingerprint density at radius 2 is 2.22 bits per heavy atom. The van der Waals surface area contributed by atoms with Crippen molar-refractivity contribution < 1.29 is 0 Å². The number of aliphatic imine (C=N–C) groups is 1. The van der Waals surface area contributed by atoms with E-state index >= 15 is 0 Å². The van der Waals surface area contributed by atoms with E-state index in [1.54, 1.807) is 11.3 Å². The maximum atomic E-state index is 4.45. The quantitative estimate of drug-likeness (QED) is 0.589. The largest absolute Gasteiger partial charge is 0.356 e. The molecule has 0 spiro atoms. The van der Waals surface area contributed by atoms with Crippen molar-refractivity contribution in [3.05, 3.63) is 16.1 Å². The van der Waals surface area contributed by atoms with Crippen molar-refractivity contribution in [1.29, 1.82) is 0 Å². The molecule has 2 heterocycles. The molecule has 0 bridgehead atoms. The van der Waals surface area contributed by atoms with E-state index in [9.17, 15) is 0 Å². The van der Waals surface area contributed by atoms with Gasteiger partial charge in [-0.05, 0) is 20.5 Å². The van der Waals surface area contributed by atoms with Gasteiger partial charge in [0.15, 0.2) is 5.96 Å². The molecule has 6 nitrogen and oxygen atoms in total. The molecule has 130 valence electrons. The van der Waals surface area contributed by atoms with E-state index in [2.05, 4.69) is 51.4 Å². The summed E-state index contributed by atoms with van der Waals surface area (Å²) in [6.45, 7) is 7.31. The van der Waals surface area contributed by atoms with E-state index in [-0.39, 0.29) is 0 Å². The van der Waals surface area contributed by atoms with Crippen molar-refractivity contribution in [2.24, 2.45) is 4.99 Å². The van der Waals surface area contributed by atoms with Crippen LogP contribution < -0.4 is 10.6 Å². The molecular weight excluding hydrogens is 308 g/mol. The SMILES string of the molecule is CCc1cnc(CCNC(=NC)NCC2CN(C)CCN2C)s1. The molecule has 1 atom stereocenters. The molecule has 0 aliphatic carbocycles. The molecule has 1 aromatic heterocycles. The molecule has 1 aliphatic heterocycles. The minimum absolute atomic E-state index is 0.526. The zero-order valence-electron chi connectivity index (χ0n) is 14.8. The zero-order chi connectivity index (χ0) is 16.7. The van der Waals surface area contributed by atoms with Gasteiger partial charge in [0.05, 0.1) is 5.01 Å². The van der Waals surface area contributed by atoms with Crippen LogP contribution in [0.25, 0.3) is 0 Å². The molecular formula is C16H30N6S. The Labute approximate surface area is 144 Å². The number of hydrogen-bond acceptors (Lipinski definition) is 5. The summed E-state index contributed by atoms with van der Waals surface area (Å²) < 4.78 is 0. The Balaban J connectivity index is 1.70. The third-order valence-electron chi connectivity index (χ3n) is 4.29. The lowest BCUT2D eigenvalue weighted by molar-refractivity contribution is 0.116. The molecule has 1 unspecified atom stereocenters. The molecule has 0 amide bonds. The number of likely N-dealkylation sites (N-methyl/N-ethyl adjacent to an activating group) is 2. The van der Waals surface area contributed by atoms with E-state index in [0.29, 0.717) is 6.04 Å². The van der Waals surface area contributed by atoms with Crippen LogP contribution in [-0.2, 0) is 12.8 Å². The molecule has 0 radical (unpaired) electrons. The molecule has 1 aliphatic rings. The first-order valence-corrected chi connectivity index (χ1v) is 9.21. The number of thiazole rings is 1. The van der Waals surface area contributed by atoms with Gasteiger partial charge in [-0.2, -0.15) is 0 Å². The average molecular weight is 339 g/mol. The summed E-state index contributed by atoms with van der Waals surface area (Å²) in [6.07, 6.45) is 4.00. The Kier molecular flexibility index (Phi) is 7.26. The summed E-state index contributed by atoms with van der Waals surface area (Å²) in [5.41, 5.74) is 0. The van der Waals surface area contributed by atoms with Crippen LogP contribution in [0.2, 0.25) is 0 Å². The Bertz CT molecular complexity index is 501. The molecule has 2 rings (SSSR count). The summed E-state index contributed by atoms with van der Waals surface area (Å²) in [4.78, 5) is 14.9. The highest BCUT2D eigenvalue weighted by molar-refractivity contribution is 7.11. The lowest BCUT2D eigenvalue weighted by atomic mass is 10.2. The smallest absolute Gasteiger partial charge is 0.191 e. The number of aryl methyl sites for hydroxylation is 1. The molecule has 1 saturated heterocycles. The van der Waals surface area contributed by atoms with Crippen LogP contribution >= 0.6 is 11.3 Å². The molecule has 1 aromatic rings. The minimum atomic E-state index is 0.526. The van der Waals surface area contributed by atoms with E-state index in [1.165, 1.54) is 9.88 Å². The predicted molar refractivity (Wildman–Crippen MR) is 98.5 cm³/mol. The van der Waals surface area contributed by atoms with Gasteiger partial charge in [-0.15, -0.1) is 11.3 Å². The first-order chi connectivity index (χ1) is 11.1. The highest BCUT2D eigenvalue weighted by Gasteiger charge is 2.21. The fraction of sp³-hybridized carbons (Fsp3) is 0.750. The monoisotopic (exact) mass is 338 g/mol. The van der Waals surface area contributed by atoms with Crippen LogP contribution in [0.1, 0.15) is 16.8 Å². The van der Waals surface area contributed by atoms with Gasteiger partial charge >= 0.3 is 0 Å². The van der Waals surface area contributed by atoms with Crippen molar-refractivity contribution in [2.45, 2.75) is 25.8 Å². The standard InChI is InChI=1S/C16H30N6S/c1-5-14-11-19-15(23-14)6-7-18-16(17-2)20-10-13-12-21(3)8-9-22(13)4/h11,13H,5-10,12H2,1-4H3,(H2,17,18,20). The predicted octanol–water partition coefficient (Wildman–Crippen LogP) is 0.659. The number of guanidine groups is 1. The molecule has 23 heavy (non-hydrogen) atoms. The summed E-state index contributed by atoms with van der Waals surface area (Å²) in [5, 5.41) is 8.02. The van der Waals surface area contributed by atoms with E-state index < -0.39 is 0 Å². The van der Waals surface area contributed by atoms with Gasteiger partial charge in [-0.1, -0.05) is 6.92 Å². The van der Waals surface area contributed by atoms with Crippen LogP contribution in [0.15, 0.2) is 11.2 Å². The second-order valence-electron chi connectivity index (χ2n) is 6.10. The van der Waals surface area contributed by atoms with Gasteiger partial charge in [-0.25, -0.2) is 4.98 Å². The van der Waals surface area contributed by atoms with Crippen LogP contribution in [0.3, 0.4) is 0 Å². The summed E-state index contributed by atoms with van der Waals surface area (Å²) in [6, 6.07) is 0.526. The second-order valence-corrected chi connectivity index (χ2v) is 7.30. The van der Waals surface area contributed by atoms with Crippen molar-refractivity contribution in [3.8, 4) is 0 Å². The van der Waals surface area contributed by atoms with Crippen LogP contribution in [0, 0.1) is 0 Å². The Morgan fingerprint density at radius 3 is 2.91 bits per heavy atom. The van der Waals surface area contributed by atoms with Gasteiger partial charge in [0.2, 0.25) is 0 Å². The fourth-order valence-corrected chi connectivity index (χ4v) is 3.53. The second kappa shape index (κ2) is 9.20. The normalized spacial score (nSPS) is 20.7. The van der Waals surface area contributed by atoms with Gasteiger partial charge in [0.1, 0.15) is 0 Å². The van der Waals surface area contributed by atoms with Crippen molar-refractivity contribution in [2.75, 3.05) is 53.9 Å². The van der Waals surface area contributed by atoms with E-state index in [0.717, 1.165) is 51.5 Å². The molecule has 7 heteroatoms. The number of piperazine rings is 1. The Morgan fingerprint density at radius 1 is 1.39 bits per heavy atom. The van der Waals surface area contributed by atoms with Crippen molar-refractivity contribution in [3.63, 3.8) is 0 Å². The van der Waals surface area contributed by atoms with Crippen molar-refractivity contribution >= 4 is 17.3 Å². The molecule has 1 fully saturated rings. The number of nitrogens with one attached hydrogen (secondary N) is 2. The molecule has 0 aromatic carbocycles. The van der Waals surface area contributed by atoms with Crippen LogP contribution in [0.5, 0.6) is 0 Å². The van der Waals surface area contributed by atoms with E-state index in [1.807, 2.05) is 13.2 Å². The van der Waals surface area contributed by atoms with Gasteiger partial charge in [0.25, 0.3) is 0 Å². The van der Waals surface area contributed by atoms with Gasteiger partial charge < -0.3 is 15.5 Å². The zero-order valence-corrected chi connectivity index (χ0v) is 15.6. The highest BCUT2D eigenvalue weighted by atomic mass is 32.1. The van der Waals surface area contributed by atoms with Gasteiger partial charge in [0, 0.05) is 63.3 Å². The van der Waals surface area contributed by atoms with Crippen LogP contribution in [-0.4, -0.2) is 80.7 Å². The summed E-state index contributed by atoms with van der Waals surface area (Å²) in [7, 11) is 6.21. The van der Waals surface area contributed by atoms with E-state index in [4.69, 9.17) is 0 Å². The lowest BCUT2D eigenvalue weighted by Crippen LogP contribution is -2.55. The maximum Gasteiger partial charge on any atom is 0.191 e. The minimum Gasteiger partial charge on any atom is -0.356 e. The van der Waals surface area contributed by atoms with Crippen LogP contribution in [0.4, 0.5) is 0 Å². The third kappa shape index (κ3) is 5.75. The number of aromatic nitrogens is 1. The first kappa shape index (κ1) is 18.2. The number of hydrogen-bond donors (Lipinski definition) is 2.